The number of nitrogens with zero attached hydrogens (tertiary/aromatic N) is 1. The molecule has 0 aliphatic carbocycles. The van der Waals surface area contributed by atoms with Gasteiger partial charge in [0, 0.05) is 19.2 Å². The molecule has 0 bridgehead atoms. The summed E-state index contributed by atoms with van der Waals surface area (Å²) in [6.07, 6.45) is 1.06. The average molecular weight is 276 g/mol. The molecule has 1 aromatic carbocycles. The first-order chi connectivity index (χ1) is 9.52. The number of carbonyl (C=O) groups excluding carboxylic acids is 1. The first-order valence-corrected chi connectivity index (χ1v) is 6.87. The topological polar surface area (TPSA) is 79.5 Å². The van der Waals surface area contributed by atoms with E-state index >= 15 is 0 Å². The summed E-state index contributed by atoms with van der Waals surface area (Å²) >= 11 is 0. The van der Waals surface area contributed by atoms with Gasteiger partial charge in [0.1, 0.15) is 0 Å². The van der Waals surface area contributed by atoms with Gasteiger partial charge in [0.05, 0.1) is 6.54 Å². The Hall–Kier alpha value is -2.04. The second-order valence-electron chi connectivity index (χ2n) is 5.09. The number of rotatable bonds is 6. The number of hydrogen-bond acceptors (Lipinski definition) is 2. The highest BCUT2D eigenvalue weighted by molar-refractivity contribution is 5.94. The van der Waals surface area contributed by atoms with Crippen LogP contribution in [0.25, 0.3) is 0 Å². The van der Waals surface area contributed by atoms with Crippen LogP contribution in [-0.4, -0.2) is 25.5 Å². The van der Waals surface area contributed by atoms with Crippen LogP contribution in [0.15, 0.2) is 29.3 Å². The summed E-state index contributed by atoms with van der Waals surface area (Å²) in [7, 11) is 1.61. The van der Waals surface area contributed by atoms with E-state index in [1.54, 1.807) is 13.1 Å². The number of nitrogens with two attached hydrogens (primary N) is 1. The molecule has 0 atom stereocenters. The summed E-state index contributed by atoms with van der Waals surface area (Å²) < 4.78 is 0. The summed E-state index contributed by atoms with van der Waals surface area (Å²) in [5, 5.41) is 5.68. The highest BCUT2D eigenvalue weighted by Crippen LogP contribution is 2.06. The Morgan fingerprint density at radius 3 is 2.80 bits per heavy atom. The van der Waals surface area contributed by atoms with Crippen molar-refractivity contribution in [2.75, 3.05) is 13.6 Å². The van der Waals surface area contributed by atoms with Crippen molar-refractivity contribution in [3.8, 4) is 0 Å². The molecule has 5 nitrogen and oxygen atoms in total. The van der Waals surface area contributed by atoms with E-state index in [0.717, 1.165) is 18.5 Å². The highest BCUT2D eigenvalue weighted by atomic mass is 16.1. The van der Waals surface area contributed by atoms with Crippen LogP contribution in [0.2, 0.25) is 0 Å². The van der Waals surface area contributed by atoms with Crippen molar-refractivity contribution < 1.29 is 4.79 Å². The monoisotopic (exact) mass is 276 g/mol. The summed E-state index contributed by atoms with van der Waals surface area (Å²) in [6, 6.07) is 7.37. The van der Waals surface area contributed by atoms with Gasteiger partial charge in [0.25, 0.3) is 5.91 Å². The fourth-order valence-corrected chi connectivity index (χ4v) is 1.68. The van der Waals surface area contributed by atoms with Gasteiger partial charge < -0.3 is 16.4 Å². The molecule has 0 unspecified atom stereocenters. The lowest BCUT2D eigenvalue weighted by atomic mass is 10.1. The van der Waals surface area contributed by atoms with Gasteiger partial charge in [-0.05, 0) is 30.0 Å². The second kappa shape index (κ2) is 8.19. The third-order valence-electron chi connectivity index (χ3n) is 2.88. The van der Waals surface area contributed by atoms with E-state index in [0.29, 0.717) is 24.0 Å². The first kappa shape index (κ1) is 16.0. The summed E-state index contributed by atoms with van der Waals surface area (Å²) in [5.41, 5.74) is 7.38. The van der Waals surface area contributed by atoms with Gasteiger partial charge >= 0.3 is 0 Å². The average Bonchev–Trinajstić information content (AvgIpc) is 2.44. The molecule has 1 amide bonds. The number of carbonyl (C=O) groups is 1. The highest BCUT2D eigenvalue weighted by Gasteiger charge is 2.03. The van der Waals surface area contributed by atoms with Gasteiger partial charge in [-0.2, -0.15) is 0 Å². The fraction of sp³-hybridized carbons (Fsp3) is 0.467. The SMILES string of the molecule is CNC(=O)c1cccc(CN=C(N)NCCC(C)C)c1. The van der Waals surface area contributed by atoms with Crippen molar-refractivity contribution in [2.45, 2.75) is 26.8 Å². The quantitative estimate of drug-likeness (QED) is 0.544. The maximum absolute atomic E-state index is 11.5. The van der Waals surface area contributed by atoms with Gasteiger partial charge in [0.15, 0.2) is 5.96 Å². The zero-order valence-corrected chi connectivity index (χ0v) is 12.4. The molecule has 5 heteroatoms. The normalized spacial score (nSPS) is 11.5. The number of aliphatic imine (C=N–C) groups is 1. The largest absolute Gasteiger partial charge is 0.370 e. The van der Waals surface area contributed by atoms with E-state index in [9.17, 15) is 4.79 Å². The molecule has 0 heterocycles. The molecule has 1 rings (SSSR count). The Morgan fingerprint density at radius 2 is 2.15 bits per heavy atom. The molecule has 4 N–H and O–H groups in total. The van der Waals surface area contributed by atoms with E-state index in [2.05, 4.69) is 29.5 Å². The number of hydrogen-bond donors (Lipinski definition) is 3. The Morgan fingerprint density at radius 1 is 1.40 bits per heavy atom. The number of nitrogens with one attached hydrogen (secondary N) is 2. The van der Waals surface area contributed by atoms with Crippen molar-refractivity contribution in [3.63, 3.8) is 0 Å². The maximum Gasteiger partial charge on any atom is 0.251 e. The van der Waals surface area contributed by atoms with E-state index < -0.39 is 0 Å². The van der Waals surface area contributed by atoms with Gasteiger partial charge in [-0.3, -0.25) is 4.79 Å². The van der Waals surface area contributed by atoms with Crippen molar-refractivity contribution in [1.82, 2.24) is 10.6 Å². The molecule has 20 heavy (non-hydrogen) atoms. The minimum Gasteiger partial charge on any atom is -0.370 e. The van der Waals surface area contributed by atoms with E-state index in [4.69, 9.17) is 5.73 Å². The Kier molecular flexibility index (Phi) is 6.56. The molecule has 0 aliphatic heterocycles. The fourth-order valence-electron chi connectivity index (χ4n) is 1.68. The van der Waals surface area contributed by atoms with Crippen LogP contribution < -0.4 is 16.4 Å². The molecule has 0 radical (unpaired) electrons. The number of amides is 1. The molecule has 0 aliphatic rings. The zero-order valence-electron chi connectivity index (χ0n) is 12.4. The van der Waals surface area contributed by atoms with Crippen molar-refractivity contribution >= 4 is 11.9 Å². The summed E-state index contributed by atoms with van der Waals surface area (Å²) in [5.74, 6) is 0.981. The molecule has 0 aromatic heterocycles. The standard InChI is InChI=1S/C15H24N4O/c1-11(2)7-8-18-15(16)19-10-12-5-4-6-13(9-12)14(20)17-3/h4-6,9,11H,7-8,10H2,1-3H3,(H,17,20)(H3,16,18,19). The predicted octanol–water partition coefficient (Wildman–Crippen LogP) is 1.50. The Balaban J connectivity index is 2.53. The third-order valence-corrected chi connectivity index (χ3v) is 2.88. The smallest absolute Gasteiger partial charge is 0.251 e. The van der Waals surface area contributed by atoms with Gasteiger partial charge in [-0.25, -0.2) is 4.99 Å². The predicted molar refractivity (Wildman–Crippen MR) is 82.6 cm³/mol. The van der Waals surface area contributed by atoms with Crippen LogP contribution >= 0.6 is 0 Å². The van der Waals surface area contributed by atoms with Crippen molar-refractivity contribution in [1.29, 1.82) is 0 Å². The molecular formula is C15H24N4O. The minimum absolute atomic E-state index is 0.0983. The van der Waals surface area contributed by atoms with Crippen LogP contribution in [-0.2, 0) is 6.54 Å². The molecular weight excluding hydrogens is 252 g/mol. The molecule has 0 saturated carbocycles. The summed E-state index contributed by atoms with van der Waals surface area (Å²) in [6.45, 7) is 5.62. The van der Waals surface area contributed by atoms with Gasteiger partial charge in [-0.15, -0.1) is 0 Å². The molecule has 0 spiro atoms. The van der Waals surface area contributed by atoms with Crippen molar-refractivity contribution in [3.05, 3.63) is 35.4 Å². The van der Waals surface area contributed by atoms with E-state index in [1.807, 2.05) is 18.2 Å². The van der Waals surface area contributed by atoms with E-state index in [1.165, 1.54) is 0 Å². The number of guanidine groups is 1. The van der Waals surface area contributed by atoms with E-state index in [-0.39, 0.29) is 5.91 Å². The molecule has 0 saturated heterocycles. The lowest BCUT2D eigenvalue weighted by Gasteiger charge is -2.07. The lowest BCUT2D eigenvalue weighted by molar-refractivity contribution is 0.0963. The minimum atomic E-state index is -0.0983. The molecule has 110 valence electrons. The van der Waals surface area contributed by atoms with Crippen LogP contribution in [0.4, 0.5) is 0 Å². The van der Waals surface area contributed by atoms with Crippen molar-refractivity contribution in [2.24, 2.45) is 16.6 Å². The lowest BCUT2D eigenvalue weighted by Crippen LogP contribution is -2.32. The van der Waals surface area contributed by atoms with Gasteiger partial charge in [-0.1, -0.05) is 26.0 Å². The third kappa shape index (κ3) is 5.73. The Labute approximate surface area is 120 Å². The second-order valence-corrected chi connectivity index (χ2v) is 5.09. The van der Waals surface area contributed by atoms with Crippen LogP contribution in [0.5, 0.6) is 0 Å². The summed E-state index contributed by atoms with van der Waals surface area (Å²) in [4.78, 5) is 15.8. The van der Waals surface area contributed by atoms with Crippen LogP contribution in [0, 0.1) is 5.92 Å². The molecule has 1 aromatic rings. The van der Waals surface area contributed by atoms with Crippen LogP contribution in [0.1, 0.15) is 36.2 Å². The van der Waals surface area contributed by atoms with Gasteiger partial charge in [0.2, 0.25) is 0 Å². The molecule has 0 fully saturated rings. The van der Waals surface area contributed by atoms with Crippen LogP contribution in [0.3, 0.4) is 0 Å². The Bertz CT molecular complexity index is 469. The number of benzene rings is 1. The maximum atomic E-state index is 11.5. The first-order valence-electron chi connectivity index (χ1n) is 6.87. The zero-order chi connectivity index (χ0) is 15.0.